The van der Waals surface area contributed by atoms with Crippen LogP contribution in [-0.4, -0.2) is 6.21 Å². The number of furan rings is 1. The number of aliphatic imine (C=N–C) groups is 1. The van der Waals surface area contributed by atoms with Gasteiger partial charge in [0.05, 0.1) is 12.8 Å². The molecule has 0 bridgehead atoms. The third-order valence-corrected chi connectivity index (χ3v) is 4.51. The normalized spacial score (nSPS) is 11.2. The molecule has 1 aromatic heterocycles. The largest absolute Gasteiger partial charge is 0.489 e. The van der Waals surface area contributed by atoms with Crippen LogP contribution in [0.15, 0.2) is 64.2 Å². The van der Waals surface area contributed by atoms with E-state index in [0.717, 1.165) is 17.1 Å². The summed E-state index contributed by atoms with van der Waals surface area (Å²) in [4.78, 5) is 4.38. The van der Waals surface area contributed by atoms with Gasteiger partial charge in [0.25, 0.3) is 0 Å². The zero-order valence-corrected chi connectivity index (χ0v) is 15.0. The van der Waals surface area contributed by atoms with Gasteiger partial charge in [0.1, 0.15) is 18.1 Å². The lowest BCUT2D eigenvalue weighted by Crippen LogP contribution is -2.00. The highest BCUT2D eigenvalue weighted by atomic mass is 16.5. The fraction of sp³-hybridized carbons (Fsp3) is 0.227. The van der Waals surface area contributed by atoms with E-state index >= 15 is 0 Å². The van der Waals surface area contributed by atoms with E-state index in [2.05, 4.69) is 37.9 Å². The maximum Gasteiger partial charge on any atom is 0.125 e. The van der Waals surface area contributed by atoms with E-state index < -0.39 is 0 Å². The third-order valence-electron chi connectivity index (χ3n) is 4.51. The van der Waals surface area contributed by atoms with Gasteiger partial charge in [-0.25, -0.2) is 0 Å². The van der Waals surface area contributed by atoms with Crippen LogP contribution in [-0.2, 0) is 13.2 Å². The molecular weight excluding hydrogens is 310 g/mol. The molecule has 3 nitrogen and oxygen atoms in total. The maximum atomic E-state index is 5.93. The van der Waals surface area contributed by atoms with Crippen molar-refractivity contribution in [1.29, 1.82) is 0 Å². The molecular formula is C22H23NO2. The molecule has 3 rings (SSSR count). The summed E-state index contributed by atoms with van der Waals surface area (Å²) in [5.41, 5.74) is 6.23. The van der Waals surface area contributed by atoms with Crippen LogP contribution < -0.4 is 4.74 Å². The predicted octanol–water partition coefficient (Wildman–Crippen LogP) is 5.40. The Kier molecular flexibility index (Phi) is 5.34. The fourth-order valence-corrected chi connectivity index (χ4v) is 2.62. The van der Waals surface area contributed by atoms with Gasteiger partial charge in [-0.3, -0.25) is 4.99 Å². The predicted molar refractivity (Wildman–Crippen MR) is 101 cm³/mol. The van der Waals surface area contributed by atoms with Crippen molar-refractivity contribution in [2.75, 3.05) is 0 Å². The first-order valence-corrected chi connectivity index (χ1v) is 8.44. The first kappa shape index (κ1) is 17.0. The van der Waals surface area contributed by atoms with Gasteiger partial charge in [-0.05, 0) is 85.0 Å². The van der Waals surface area contributed by atoms with Gasteiger partial charge in [-0.15, -0.1) is 0 Å². The Balaban J connectivity index is 1.57. The van der Waals surface area contributed by atoms with Gasteiger partial charge >= 0.3 is 0 Å². The van der Waals surface area contributed by atoms with Crippen molar-refractivity contribution in [1.82, 2.24) is 0 Å². The van der Waals surface area contributed by atoms with Gasteiger partial charge in [0, 0.05) is 6.21 Å². The molecule has 0 atom stereocenters. The van der Waals surface area contributed by atoms with Crippen LogP contribution in [0.25, 0.3) is 0 Å². The third kappa shape index (κ3) is 4.38. The molecule has 2 aromatic carbocycles. The van der Waals surface area contributed by atoms with Crippen LogP contribution >= 0.6 is 0 Å². The number of aryl methyl sites for hydroxylation is 1. The lowest BCUT2D eigenvalue weighted by atomic mass is 9.99. The van der Waals surface area contributed by atoms with E-state index in [1.807, 2.05) is 42.6 Å². The van der Waals surface area contributed by atoms with Gasteiger partial charge in [0.2, 0.25) is 0 Å². The summed E-state index contributed by atoms with van der Waals surface area (Å²) in [5.74, 6) is 1.72. The first-order chi connectivity index (χ1) is 12.1. The minimum Gasteiger partial charge on any atom is -0.489 e. The topological polar surface area (TPSA) is 34.7 Å². The number of rotatable bonds is 6. The van der Waals surface area contributed by atoms with Crippen LogP contribution in [0.3, 0.4) is 0 Å². The van der Waals surface area contributed by atoms with Crippen molar-refractivity contribution in [2.45, 2.75) is 33.9 Å². The highest BCUT2D eigenvalue weighted by Gasteiger charge is 2.04. The summed E-state index contributed by atoms with van der Waals surface area (Å²) in [6, 6.07) is 16.1. The molecule has 3 heteroatoms. The Morgan fingerprint density at radius 2 is 1.76 bits per heavy atom. The van der Waals surface area contributed by atoms with Gasteiger partial charge in [-0.1, -0.05) is 12.1 Å². The Bertz CT molecular complexity index is 846. The molecule has 0 aliphatic rings. The van der Waals surface area contributed by atoms with E-state index in [9.17, 15) is 0 Å². The van der Waals surface area contributed by atoms with Gasteiger partial charge < -0.3 is 9.15 Å². The minimum absolute atomic E-state index is 0.553. The number of nitrogens with zero attached hydrogens (tertiary/aromatic N) is 1. The Morgan fingerprint density at radius 3 is 2.48 bits per heavy atom. The van der Waals surface area contributed by atoms with Gasteiger partial charge in [0.15, 0.2) is 0 Å². The van der Waals surface area contributed by atoms with Crippen LogP contribution in [0.5, 0.6) is 5.75 Å². The fourth-order valence-electron chi connectivity index (χ4n) is 2.62. The molecule has 0 saturated heterocycles. The number of benzene rings is 2. The zero-order chi connectivity index (χ0) is 17.6. The van der Waals surface area contributed by atoms with E-state index in [-0.39, 0.29) is 0 Å². The maximum absolute atomic E-state index is 5.93. The van der Waals surface area contributed by atoms with Gasteiger partial charge in [-0.2, -0.15) is 0 Å². The average Bonchev–Trinajstić information content (AvgIpc) is 3.14. The van der Waals surface area contributed by atoms with Crippen LogP contribution in [0.4, 0.5) is 0 Å². The van der Waals surface area contributed by atoms with Crippen molar-refractivity contribution in [3.05, 3.63) is 88.4 Å². The minimum atomic E-state index is 0.553. The summed E-state index contributed by atoms with van der Waals surface area (Å²) in [6.45, 7) is 7.58. The summed E-state index contributed by atoms with van der Waals surface area (Å²) >= 11 is 0. The smallest absolute Gasteiger partial charge is 0.125 e. The molecule has 0 N–H and O–H groups in total. The second kappa shape index (κ2) is 7.84. The number of ether oxygens (including phenoxy) is 1. The first-order valence-electron chi connectivity index (χ1n) is 8.44. The molecule has 0 amide bonds. The highest BCUT2D eigenvalue weighted by Crippen LogP contribution is 2.20. The summed E-state index contributed by atoms with van der Waals surface area (Å²) in [6.07, 6.45) is 3.51. The molecule has 0 aliphatic carbocycles. The second-order valence-electron chi connectivity index (χ2n) is 6.20. The van der Waals surface area contributed by atoms with E-state index in [1.165, 1.54) is 22.3 Å². The molecule has 1 heterocycles. The summed E-state index contributed by atoms with van der Waals surface area (Å²) in [5, 5.41) is 0. The summed E-state index contributed by atoms with van der Waals surface area (Å²) < 4.78 is 11.2. The lowest BCUT2D eigenvalue weighted by molar-refractivity contribution is 0.305. The van der Waals surface area contributed by atoms with Crippen molar-refractivity contribution in [3.8, 4) is 5.75 Å². The van der Waals surface area contributed by atoms with Crippen molar-refractivity contribution in [3.63, 3.8) is 0 Å². The zero-order valence-electron chi connectivity index (χ0n) is 15.0. The van der Waals surface area contributed by atoms with Crippen molar-refractivity contribution < 1.29 is 9.15 Å². The van der Waals surface area contributed by atoms with E-state index in [4.69, 9.17) is 9.15 Å². The number of hydrogen-bond acceptors (Lipinski definition) is 3. The molecule has 0 aliphatic heterocycles. The molecule has 3 aromatic rings. The molecule has 0 radical (unpaired) electrons. The van der Waals surface area contributed by atoms with Crippen LogP contribution in [0.1, 0.15) is 33.6 Å². The summed E-state index contributed by atoms with van der Waals surface area (Å²) in [7, 11) is 0. The molecule has 0 fully saturated rings. The molecule has 0 unspecified atom stereocenters. The monoisotopic (exact) mass is 333 g/mol. The van der Waals surface area contributed by atoms with Crippen LogP contribution in [0, 0.1) is 20.8 Å². The highest BCUT2D eigenvalue weighted by molar-refractivity contribution is 5.79. The Labute approximate surface area is 149 Å². The molecule has 25 heavy (non-hydrogen) atoms. The molecule has 0 spiro atoms. The van der Waals surface area contributed by atoms with Crippen LogP contribution in [0.2, 0.25) is 0 Å². The Morgan fingerprint density at radius 1 is 0.960 bits per heavy atom. The molecule has 128 valence electrons. The van der Waals surface area contributed by atoms with Crippen molar-refractivity contribution in [2.24, 2.45) is 4.99 Å². The lowest BCUT2D eigenvalue weighted by Gasteiger charge is -2.12. The van der Waals surface area contributed by atoms with E-state index in [1.54, 1.807) is 6.26 Å². The second-order valence-corrected chi connectivity index (χ2v) is 6.20. The standard InChI is InChI=1S/C22H23NO2/c1-16-6-9-20(18(3)17(16)2)15-25-21-10-7-19(8-11-21)13-23-14-22-5-4-12-24-22/h4-13H,14-15H2,1-3H3/b23-13-. The SMILES string of the molecule is Cc1ccc(COc2ccc(/C=N\Cc3ccco3)cc2)c(C)c1C. The number of hydrogen-bond donors (Lipinski definition) is 0. The van der Waals surface area contributed by atoms with E-state index in [0.29, 0.717) is 13.2 Å². The Hall–Kier alpha value is -2.81. The quantitative estimate of drug-likeness (QED) is 0.566. The molecule has 0 saturated carbocycles. The van der Waals surface area contributed by atoms with Crippen molar-refractivity contribution >= 4 is 6.21 Å². The average molecular weight is 333 g/mol.